The zero-order valence-electron chi connectivity index (χ0n) is 14.6. The SMILES string of the molecule is COc1ccc(CNC(=O)/C=C\c2ccc3oc(=O)cc(C)c3c2)cc1. The van der Waals surface area contributed by atoms with E-state index >= 15 is 0 Å². The third-order valence-electron chi connectivity index (χ3n) is 4.03. The van der Waals surface area contributed by atoms with Crippen LogP contribution in [0.25, 0.3) is 17.0 Å². The highest BCUT2D eigenvalue weighted by atomic mass is 16.5. The van der Waals surface area contributed by atoms with Gasteiger partial charge in [-0.25, -0.2) is 4.79 Å². The molecule has 3 rings (SSSR count). The summed E-state index contributed by atoms with van der Waals surface area (Å²) < 4.78 is 10.3. The second-order valence-electron chi connectivity index (χ2n) is 5.90. The van der Waals surface area contributed by atoms with E-state index in [2.05, 4.69) is 5.32 Å². The van der Waals surface area contributed by atoms with Gasteiger partial charge >= 0.3 is 5.63 Å². The summed E-state index contributed by atoms with van der Waals surface area (Å²) in [4.78, 5) is 23.4. The lowest BCUT2D eigenvalue weighted by molar-refractivity contribution is -0.116. The molecule has 1 amide bonds. The molecular formula is C21H19NO4. The number of rotatable bonds is 5. The number of fused-ring (bicyclic) bond motifs is 1. The normalized spacial score (nSPS) is 11.0. The summed E-state index contributed by atoms with van der Waals surface area (Å²) >= 11 is 0. The topological polar surface area (TPSA) is 68.5 Å². The molecule has 1 heterocycles. The number of aryl methyl sites for hydroxylation is 1. The number of amides is 1. The van der Waals surface area contributed by atoms with Crippen molar-refractivity contribution in [1.82, 2.24) is 5.32 Å². The summed E-state index contributed by atoms with van der Waals surface area (Å²) in [5.74, 6) is 0.597. The summed E-state index contributed by atoms with van der Waals surface area (Å²) in [5, 5.41) is 3.69. The fourth-order valence-electron chi connectivity index (χ4n) is 2.60. The predicted octanol–water partition coefficient (Wildman–Crippen LogP) is 3.44. The fourth-order valence-corrected chi connectivity index (χ4v) is 2.60. The van der Waals surface area contributed by atoms with E-state index in [9.17, 15) is 9.59 Å². The third-order valence-corrected chi connectivity index (χ3v) is 4.03. The maximum atomic E-state index is 12.0. The van der Waals surface area contributed by atoms with Crippen molar-refractivity contribution in [1.29, 1.82) is 0 Å². The zero-order valence-corrected chi connectivity index (χ0v) is 14.6. The van der Waals surface area contributed by atoms with E-state index in [0.29, 0.717) is 12.1 Å². The molecule has 1 N–H and O–H groups in total. The molecule has 0 aliphatic carbocycles. The Labute approximate surface area is 150 Å². The van der Waals surface area contributed by atoms with Crippen LogP contribution in [-0.2, 0) is 11.3 Å². The van der Waals surface area contributed by atoms with Crippen molar-refractivity contribution in [3.63, 3.8) is 0 Å². The van der Waals surface area contributed by atoms with Crippen LogP contribution >= 0.6 is 0 Å². The Kier molecular flexibility index (Phi) is 5.17. The standard InChI is InChI=1S/C21H19NO4/c1-14-11-21(24)26-19-9-5-15(12-18(14)19)6-10-20(23)22-13-16-3-7-17(25-2)8-4-16/h3-12H,13H2,1-2H3,(H,22,23)/b10-6-. The van der Waals surface area contributed by atoms with Crippen molar-refractivity contribution in [3.05, 3.63) is 81.7 Å². The first-order valence-corrected chi connectivity index (χ1v) is 8.18. The molecule has 0 unspecified atom stereocenters. The molecule has 5 nitrogen and oxygen atoms in total. The van der Waals surface area contributed by atoms with Gasteiger partial charge in [-0.1, -0.05) is 18.2 Å². The second-order valence-corrected chi connectivity index (χ2v) is 5.90. The Hall–Kier alpha value is -3.34. The van der Waals surface area contributed by atoms with Gasteiger partial charge in [-0.2, -0.15) is 0 Å². The fraction of sp³-hybridized carbons (Fsp3) is 0.143. The monoisotopic (exact) mass is 349 g/mol. The third kappa shape index (κ3) is 4.19. The lowest BCUT2D eigenvalue weighted by atomic mass is 10.1. The van der Waals surface area contributed by atoms with E-state index in [1.165, 1.54) is 12.1 Å². The number of hydrogen-bond acceptors (Lipinski definition) is 4. The molecule has 0 fully saturated rings. The molecule has 1 aromatic heterocycles. The molecule has 0 saturated heterocycles. The lowest BCUT2D eigenvalue weighted by Crippen LogP contribution is -2.20. The van der Waals surface area contributed by atoms with Crippen LogP contribution in [0.5, 0.6) is 5.75 Å². The molecule has 0 bridgehead atoms. The van der Waals surface area contributed by atoms with Gasteiger partial charge < -0.3 is 14.5 Å². The number of carbonyl (C=O) groups is 1. The van der Waals surface area contributed by atoms with E-state index in [-0.39, 0.29) is 11.5 Å². The number of carbonyl (C=O) groups excluding carboxylic acids is 1. The molecule has 0 spiro atoms. The second kappa shape index (κ2) is 7.70. The van der Waals surface area contributed by atoms with Gasteiger partial charge in [-0.05, 0) is 54.0 Å². The summed E-state index contributed by atoms with van der Waals surface area (Å²) in [5.41, 5.74) is 2.86. The van der Waals surface area contributed by atoms with Gasteiger partial charge in [0.25, 0.3) is 0 Å². The van der Waals surface area contributed by atoms with Gasteiger partial charge in [0.05, 0.1) is 7.11 Å². The Bertz CT molecular complexity index is 1020. The molecule has 0 aliphatic rings. The summed E-state index contributed by atoms with van der Waals surface area (Å²) in [6.07, 6.45) is 3.21. The molecule has 0 saturated carbocycles. The molecule has 3 aromatic rings. The quantitative estimate of drug-likeness (QED) is 0.566. The highest BCUT2D eigenvalue weighted by molar-refractivity contribution is 5.92. The minimum Gasteiger partial charge on any atom is -0.497 e. The molecular weight excluding hydrogens is 330 g/mol. The van der Waals surface area contributed by atoms with Gasteiger partial charge in [0.15, 0.2) is 0 Å². The van der Waals surface area contributed by atoms with Crippen LogP contribution in [0, 0.1) is 6.92 Å². The Balaban J connectivity index is 1.65. The zero-order chi connectivity index (χ0) is 18.5. The van der Waals surface area contributed by atoms with Gasteiger partial charge in [-0.15, -0.1) is 0 Å². The van der Waals surface area contributed by atoms with Crippen LogP contribution in [0.3, 0.4) is 0 Å². The van der Waals surface area contributed by atoms with Gasteiger partial charge in [0.1, 0.15) is 11.3 Å². The van der Waals surface area contributed by atoms with Crippen molar-refractivity contribution in [2.45, 2.75) is 13.5 Å². The molecule has 0 aliphatic heterocycles. The van der Waals surface area contributed by atoms with Crippen LogP contribution in [0.2, 0.25) is 0 Å². The first-order valence-electron chi connectivity index (χ1n) is 8.18. The summed E-state index contributed by atoms with van der Waals surface area (Å²) in [6, 6.07) is 14.4. The van der Waals surface area contributed by atoms with Gasteiger partial charge in [-0.3, -0.25) is 4.79 Å². The number of hydrogen-bond donors (Lipinski definition) is 1. The maximum Gasteiger partial charge on any atom is 0.336 e. The van der Waals surface area contributed by atoms with Crippen LogP contribution in [0.4, 0.5) is 0 Å². The average Bonchev–Trinajstić information content (AvgIpc) is 2.65. The average molecular weight is 349 g/mol. The largest absolute Gasteiger partial charge is 0.497 e. The number of methoxy groups -OCH3 is 1. The molecule has 0 atom stereocenters. The first-order chi connectivity index (χ1) is 12.5. The maximum absolute atomic E-state index is 12.0. The van der Waals surface area contributed by atoms with Crippen molar-refractivity contribution < 1.29 is 13.9 Å². The lowest BCUT2D eigenvalue weighted by Gasteiger charge is -2.04. The Morgan fingerprint density at radius 2 is 1.92 bits per heavy atom. The van der Waals surface area contributed by atoms with E-state index in [0.717, 1.165) is 27.8 Å². The van der Waals surface area contributed by atoms with Crippen LogP contribution in [-0.4, -0.2) is 13.0 Å². The van der Waals surface area contributed by atoms with Gasteiger partial charge in [0, 0.05) is 24.1 Å². The van der Waals surface area contributed by atoms with E-state index in [4.69, 9.17) is 9.15 Å². The van der Waals surface area contributed by atoms with E-state index in [1.54, 1.807) is 25.3 Å². The number of nitrogens with one attached hydrogen (secondary N) is 1. The molecule has 0 radical (unpaired) electrons. The van der Waals surface area contributed by atoms with Crippen molar-refractivity contribution in [2.75, 3.05) is 7.11 Å². The Morgan fingerprint density at radius 3 is 2.65 bits per heavy atom. The number of ether oxygens (including phenoxy) is 1. The molecule has 26 heavy (non-hydrogen) atoms. The Morgan fingerprint density at radius 1 is 1.15 bits per heavy atom. The minimum absolute atomic E-state index is 0.183. The highest BCUT2D eigenvalue weighted by Gasteiger charge is 2.03. The van der Waals surface area contributed by atoms with Crippen LogP contribution < -0.4 is 15.7 Å². The number of benzene rings is 2. The van der Waals surface area contributed by atoms with E-state index in [1.807, 2.05) is 37.3 Å². The van der Waals surface area contributed by atoms with Crippen molar-refractivity contribution >= 4 is 23.0 Å². The predicted molar refractivity (Wildman–Crippen MR) is 101 cm³/mol. The van der Waals surface area contributed by atoms with Gasteiger partial charge in [0.2, 0.25) is 5.91 Å². The van der Waals surface area contributed by atoms with Crippen molar-refractivity contribution in [2.24, 2.45) is 0 Å². The minimum atomic E-state index is -0.365. The summed E-state index contributed by atoms with van der Waals surface area (Å²) in [7, 11) is 1.61. The van der Waals surface area contributed by atoms with E-state index < -0.39 is 0 Å². The molecule has 5 heteroatoms. The first kappa shape index (κ1) is 17.5. The smallest absolute Gasteiger partial charge is 0.336 e. The van der Waals surface area contributed by atoms with Crippen LogP contribution in [0.1, 0.15) is 16.7 Å². The van der Waals surface area contributed by atoms with Crippen LogP contribution in [0.15, 0.2) is 63.8 Å². The molecule has 2 aromatic carbocycles. The summed E-state index contributed by atoms with van der Waals surface area (Å²) in [6.45, 7) is 2.30. The highest BCUT2D eigenvalue weighted by Crippen LogP contribution is 2.19. The van der Waals surface area contributed by atoms with Crippen molar-refractivity contribution in [3.8, 4) is 5.75 Å². The molecule has 132 valence electrons.